The molecular formula is C22H19N3O2S. The van der Waals surface area contributed by atoms with Gasteiger partial charge < -0.3 is 10.1 Å². The normalized spacial score (nSPS) is 10.8. The number of benzene rings is 2. The van der Waals surface area contributed by atoms with Crippen LogP contribution in [0.4, 0.5) is 5.69 Å². The Morgan fingerprint density at radius 3 is 2.46 bits per heavy atom. The van der Waals surface area contributed by atoms with Crippen LogP contribution in [0.5, 0.6) is 5.75 Å². The number of aromatic nitrogens is 2. The Labute approximate surface area is 167 Å². The molecule has 1 N–H and O–H groups in total. The molecule has 5 nitrogen and oxygen atoms in total. The van der Waals surface area contributed by atoms with E-state index in [9.17, 15) is 4.79 Å². The second kappa shape index (κ2) is 7.40. The molecule has 0 atom stereocenters. The zero-order valence-electron chi connectivity index (χ0n) is 15.8. The molecule has 2 aromatic carbocycles. The van der Waals surface area contributed by atoms with Crippen LogP contribution in [-0.2, 0) is 0 Å². The molecule has 0 aliphatic rings. The number of thiophene rings is 1. The third-order valence-electron chi connectivity index (χ3n) is 4.56. The number of carbonyl (C=O) groups excluding carboxylic acids is 1. The molecule has 2 heterocycles. The number of ether oxygens (including phenoxy) is 1. The third-order valence-corrected chi connectivity index (χ3v) is 5.75. The van der Waals surface area contributed by atoms with E-state index in [4.69, 9.17) is 9.72 Å². The van der Waals surface area contributed by atoms with Gasteiger partial charge in [0.25, 0.3) is 5.91 Å². The molecule has 0 saturated carbocycles. The number of methoxy groups -OCH3 is 1. The minimum Gasteiger partial charge on any atom is -0.495 e. The Morgan fingerprint density at radius 1 is 1.00 bits per heavy atom. The number of amides is 1. The van der Waals surface area contributed by atoms with E-state index < -0.39 is 0 Å². The summed E-state index contributed by atoms with van der Waals surface area (Å²) < 4.78 is 5.32. The van der Waals surface area contributed by atoms with E-state index in [-0.39, 0.29) is 5.91 Å². The van der Waals surface area contributed by atoms with Crippen molar-refractivity contribution in [3.8, 4) is 17.1 Å². The minimum absolute atomic E-state index is 0.175. The van der Waals surface area contributed by atoms with Crippen LogP contribution in [0.15, 0.2) is 54.6 Å². The summed E-state index contributed by atoms with van der Waals surface area (Å²) >= 11 is 1.38. The minimum atomic E-state index is -0.175. The number of fused-ring (bicyclic) bond motifs is 1. The predicted molar refractivity (Wildman–Crippen MR) is 113 cm³/mol. The van der Waals surface area contributed by atoms with E-state index in [1.807, 2.05) is 68.4 Å². The van der Waals surface area contributed by atoms with E-state index in [1.165, 1.54) is 11.3 Å². The summed E-state index contributed by atoms with van der Waals surface area (Å²) in [7, 11) is 1.58. The molecule has 28 heavy (non-hydrogen) atoms. The second-order valence-electron chi connectivity index (χ2n) is 6.39. The predicted octanol–water partition coefficient (Wildman–Crippen LogP) is 5.24. The molecule has 0 unspecified atom stereocenters. The maximum atomic E-state index is 12.9. The summed E-state index contributed by atoms with van der Waals surface area (Å²) in [5, 5.41) is 3.88. The van der Waals surface area contributed by atoms with Crippen molar-refractivity contribution < 1.29 is 9.53 Å². The molecule has 0 fully saturated rings. The third kappa shape index (κ3) is 3.23. The zero-order valence-corrected chi connectivity index (χ0v) is 16.6. The number of nitrogens with zero attached hydrogens (tertiary/aromatic N) is 2. The van der Waals surface area contributed by atoms with Crippen molar-refractivity contribution in [3.05, 3.63) is 70.7 Å². The summed E-state index contributed by atoms with van der Waals surface area (Å²) in [5.74, 6) is 1.12. The molecule has 1 amide bonds. The second-order valence-corrected chi connectivity index (χ2v) is 7.39. The lowest BCUT2D eigenvalue weighted by molar-refractivity contribution is 0.102. The molecule has 0 aliphatic carbocycles. The average Bonchev–Trinajstić information content (AvgIpc) is 3.06. The SMILES string of the molecule is COc1ccccc1NC(=O)c1sc2nc(-c3ccccc3)nc(C)c2c1C. The maximum absolute atomic E-state index is 12.9. The molecule has 6 heteroatoms. The molecule has 4 aromatic rings. The van der Waals surface area contributed by atoms with E-state index in [0.29, 0.717) is 22.1 Å². The first-order valence-corrected chi connectivity index (χ1v) is 9.67. The van der Waals surface area contributed by atoms with Crippen molar-refractivity contribution >= 4 is 33.1 Å². The summed E-state index contributed by atoms with van der Waals surface area (Å²) in [6.45, 7) is 3.90. The first kappa shape index (κ1) is 18.1. The van der Waals surface area contributed by atoms with Gasteiger partial charge in [0.1, 0.15) is 10.6 Å². The summed E-state index contributed by atoms with van der Waals surface area (Å²) in [6.07, 6.45) is 0. The van der Waals surface area contributed by atoms with Crippen LogP contribution < -0.4 is 10.1 Å². The lowest BCUT2D eigenvalue weighted by Crippen LogP contribution is -2.12. The van der Waals surface area contributed by atoms with Crippen molar-refractivity contribution in [3.63, 3.8) is 0 Å². The number of carbonyl (C=O) groups is 1. The van der Waals surface area contributed by atoms with Gasteiger partial charge in [-0.25, -0.2) is 9.97 Å². The smallest absolute Gasteiger partial charge is 0.266 e. The van der Waals surface area contributed by atoms with Crippen LogP contribution in [0.2, 0.25) is 0 Å². The quantitative estimate of drug-likeness (QED) is 0.519. The Kier molecular flexibility index (Phi) is 4.79. The molecule has 4 rings (SSSR count). The number of rotatable bonds is 4. The van der Waals surface area contributed by atoms with Crippen LogP contribution in [0.25, 0.3) is 21.6 Å². The Morgan fingerprint density at radius 2 is 1.71 bits per heavy atom. The highest BCUT2D eigenvalue weighted by Gasteiger charge is 2.20. The lowest BCUT2D eigenvalue weighted by Gasteiger charge is -2.09. The van der Waals surface area contributed by atoms with Crippen LogP contribution in [0, 0.1) is 13.8 Å². The van der Waals surface area contributed by atoms with Crippen molar-refractivity contribution in [2.45, 2.75) is 13.8 Å². The van der Waals surface area contributed by atoms with Crippen LogP contribution in [0.3, 0.4) is 0 Å². The van der Waals surface area contributed by atoms with Gasteiger partial charge >= 0.3 is 0 Å². The topological polar surface area (TPSA) is 64.1 Å². The van der Waals surface area contributed by atoms with Gasteiger partial charge in [0.15, 0.2) is 5.82 Å². The molecule has 0 spiro atoms. The van der Waals surface area contributed by atoms with Gasteiger partial charge in [-0.1, -0.05) is 42.5 Å². The molecule has 0 radical (unpaired) electrons. The first-order valence-electron chi connectivity index (χ1n) is 8.86. The fourth-order valence-electron chi connectivity index (χ4n) is 3.20. The van der Waals surface area contributed by atoms with E-state index >= 15 is 0 Å². The van der Waals surface area contributed by atoms with Gasteiger partial charge in [-0.2, -0.15) is 0 Å². The van der Waals surface area contributed by atoms with Crippen LogP contribution >= 0.6 is 11.3 Å². The summed E-state index contributed by atoms with van der Waals surface area (Å²) in [4.78, 5) is 23.8. The highest BCUT2D eigenvalue weighted by molar-refractivity contribution is 7.20. The maximum Gasteiger partial charge on any atom is 0.266 e. The van der Waals surface area contributed by atoms with Gasteiger partial charge in [-0.3, -0.25) is 4.79 Å². The number of anilines is 1. The zero-order chi connectivity index (χ0) is 19.7. The highest BCUT2D eigenvalue weighted by atomic mass is 32.1. The van der Waals surface area contributed by atoms with E-state index in [2.05, 4.69) is 10.3 Å². The van der Waals surface area contributed by atoms with Crippen molar-refractivity contribution in [2.24, 2.45) is 0 Å². The monoisotopic (exact) mass is 389 g/mol. The molecule has 0 bridgehead atoms. The lowest BCUT2D eigenvalue weighted by atomic mass is 10.1. The van der Waals surface area contributed by atoms with Crippen molar-refractivity contribution in [1.29, 1.82) is 0 Å². The Hall–Kier alpha value is -3.25. The summed E-state index contributed by atoms with van der Waals surface area (Å²) in [5.41, 5.74) is 3.36. The molecular weight excluding hydrogens is 370 g/mol. The van der Waals surface area contributed by atoms with Gasteiger partial charge in [-0.15, -0.1) is 11.3 Å². The fourth-order valence-corrected chi connectivity index (χ4v) is 4.33. The van der Waals surface area contributed by atoms with Gasteiger partial charge in [-0.05, 0) is 31.5 Å². The van der Waals surface area contributed by atoms with E-state index in [0.717, 1.165) is 27.0 Å². The summed E-state index contributed by atoms with van der Waals surface area (Å²) in [6, 6.07) is 17.2. The number of para-hydroxylation sites is 2. The highest BCUT2D eigenvalue weighted by Crippen LogP contribution is 2.34. The number of aryl methyl sites for hydroxylation is 2. The Bertz CT molecular complexity index is 1170. The van der Waals surface area contributed by atoms with Crippen molar-refractivity contribution in [2.75, 3.05) is 12.4 Å². The molecule has 0 aliphatic heterocycles. The van der Waals surface area contributed by atoms with Crippen LogP contribution in [-0.4, -0.2) is 23.0 Å². The molecule has 0 saturated heterocycles. The number of hydrogen-bond acceptors (Lipinski definition) is 5. The van der Waals surface area contributed by atoms with Gasteiger partial charge in [0, 0.05) is 10.9 Å². The number of nitrogens with one attached hydrogen (secondary N) is 1. The van der Waals surface area contributed by atoms with Crippen molar-refractivity contribution in [1.82, 2.24) is 9.97 Å². The van der Waals surface area contributed by atoms with E-state index in [1.54, 1.807) is 7.11 Å². The first-order chi connectivity index (χ1) is 13.6. The van der Waals surface area contributed by atoms with Crippen LogP contribution in [0.1, 0.15) is 20.9 Å². The van der Waals surface area contributed by atoms with Gasteiger partial charge in [0.2, 0.25) is 0 Å². The average molecular weight is 389 g/mol. The standard InChI is InChI=1S/C22H19N3O2S/c1-13-18-14(2)23-20(15-9-5-4-6-10-15)25-22(18)28-19(13)21(26)24-16-11-7-8-12-17(16)27-3/h4-12H,1-3H3,(H,24,26). The molecule has 140 valence electrons. The number of hydrogen-bond donors (Lipinski definition) is 1. The fraction of sp³-hybridized carbons (Fsp3) is 0.136. The Balaban J connectivity index is 1.75. The molecule has 2 aromatic heterocycles. The largest absolute Gasteiger partial charge is 0.495 e. The van der Waals surface area contributed by atoms with Gasteiger partial charge in [0.05, 0.1) is 23.4 Å².